The molecule has 0 unspecified atom stereocenters. The Morgan fingerprint density at radius 1 is 1.04 bits per heavy atom. The van der Waals surface area contributed by atoms with E-state index in [1.165, 1.54) is 0 Å². The molecule has 4 heteroatoms. The molecule has 118 valence electrons. The first-order chi connectivity index (χ1) is 11.8. The molecule has 0 saturated heterocycles. The zero-order valence-electron chi connectivity index (χ0n) is 13.4. The summed E-state index contributed by atoms with van der Waals surface area (Å²) in [5.74, 6) is 1.38. The van der Waals surface area contributed by atoms with Crippen molar-refractivity contribution in [2.24, 2.45) is 0 Å². The predicted molar refractivity (Wildman–Crippen MR) is 94.7 cm³/mol. The van der Waals surface area contributed by atoms with E-state index >= 15 is 0 Å². The number of nitrogens with zero attached hydrogens (tertiary/aromatic N) is 2. The maximum absolute atomic E-state index is 9.60. The Morgan fingerprint density at radius 2 is 1.79 bits per heavy atom. The van der Waals surface area contributed by atoms with Crippen molar-refractivity contribution in [3.8, 4) is 22.9 Å². The maximum atomic E-state index is 9.60. The first kappa shape index (κ1) is 15.6. The van der Waals surface area contributed by atoms with Crippen LogP contribution in [-0.4, -0.2) is 12.1 Å². The van der Waals surface area contributed by atoms with E-state index in [9.17, 15) is 5.26 Å². The predicted octanol–water partition coefficient (Wildman–Crippen LogP) is 4.24. The molecule has 0 aliphatic heterocycles. The van der Waals surface area contributed by atoms with Crippen molar-refractivity contribution < 1.29 is 4.74 Å². The van der Waals surface area contributed by atoms with E-state index in [2.05, 4.69) is 16.4 Å². The second-order valence-corrected chi connectivity index (χ2v) is 5.26. The van der Waals surface area contributed by atoms with Gasteiger partial charge < -0.3 is 10.1 Å². The second-order valence-electron chi connectivity index (χ2n) is 5.26. The number of hydrogen-bond acceptors (Lipinski definition) is 4. The minimum atomic E-state index is 0.540. The van der Waals surface area contributed by atoms with Crippen LogP contribution in [0.2, 0.25) is 0 Å². The van der Waals surface area contributed by atoms with Crippen molar-refractivity contribution in [2.75, 3.05) is 12.4 Å². The molecule has 4 nitrogen and oxygen atoms in total. The van der Waals surface area contributed by atoms with Gasteiger partial charge in [-0.15, -0.1) is 0 Å². The third-order valence-corrected chi connectivity index (χ3v) is 3.77. The third kappa shape index (κ3) is 3.36. The summed E-state index contributed by atoms with van der Waals surface area (Å²) in [6, 6.07) is 21.8. The summed E-state index contributed by atoms with van der Waals surface area (Å²) in [6.45, 7) is 0.620. The average molecular weight is 315 g/mol. The largest absolute Gasteiger partial charge is 0.497 e. The van der Waals surface area contributed by atoms with Crippen molar-refractivity contribution >= 4 is 5.82 Å². The quantitative estimate of drug-likeness (QED) is 0.765. The van der Waals surface area contributed by atoms with Crippen LogP contribution in [0.25, 0.3) is 11.1 Å². The summed E-state index contributed by atoms with van der Waals surface area (Å²) < 4.78 is 5.18. The normalized spacial score (nSPS) is 10.0. The average Bonchev–Trinajstić information content (AvgIpc) is 2.67. The number of hydrogen-bond donors (Lipinski definition) is 1. The molecule has 0 aliphatic rings. The monoisotopic (exact) mass is 315 g/mol. The lowest BCUT2D eigenvalue weighted by atomic mass is 10.0. The Hall–Kier alpha value is -3.32. The molecule has 0 saturated carbocycles. The van der Waals surface area contributed by atoms with Gasteiger partial charge in [0.25, 0.3) is 0 Å². The summed E-state index contributed by atoms with van der Waals surface area (Å²) >= 11 is 0. The number of methoxy groups -OCH3 is 1. The van der Waals surface area contributed by atoms with E-state index in [-0.39, 0.29) is 0 Å². The molecular formula is C20H17N3O. The molecule has 24 heavy (non-hydrogen) atoms. The number of nitriles is 1. The van der Waals surface area contributed by atoms with E-state index in [1.54, 1.807) is 13.3 Å². The number of rotatable bonds is 5. The van der Waals surface area contributed by atoms with Crippen molar-refractivity contribution in [3.05, 3.63) is 78.0 Å². The highest BCUT2D eigenvalue weighted by Crippen LogP contribution is 2.28. The molecule has 1 N–H and O–H groups in total. The van der Waals surface area contributed by atoms with Gasteiger partial charge in [0.15, 0.2) is 0 Å². The van der Waals surface area contributed by atoms with Crippen LogP contribution in [-0.2, 0) is 6.54 Å². The van der Waals surface area contributed by atoms with Crippen LogP contribution in [0.5, 0.6) is 5.75 Å². The molecule has 0 atom stereocenters. The number of nitrogens with one attached hydrogen (secondary N) is 1. The molecule has 3 rings (SSSR count). The standard InChI is InChI=1S/C20H17N3O/c1-24-17-9-7-16(8-10-17)18-11-12-22-20(19(18)13-21)23-14-15-5-3-2-4-6-15/h2-12H,14H2,1H3,(H,22,23). The number of pyridine rings is 1. The number of benzene rings is 2. The fraction of sp³-hybridized carbons (Fsp3) is 0.100. The molecule has 0 aliphatic carbocycles. The Balaban J connectivity index is 1.89. The molecule has 0 bridgehead atoms. The van der Waals surface area contributed by atoms with Crippen LogP contribution in [0.1, 0.15) is 11.1 Å². The van der Waals surface area contributed by atoms with E-state index in [0.717, 1.165) is 22.4 Å². The Bertz CT molecular complexity index is 852. The van der Waals surface area contributed by atoms with E-state index in [1.807, 2.05) is 60.7 Å². The minimum Gasteiger partial charge on any atom is -0.497 e. The lowest BCUT2D eigenvalue weighted by Gasteiger charge is -2.11. The van der Waals surface area contributed by atoms with Gasteiger partial charge in [0.1, 0.15) is 23.2 Å². The van der Waals surface area contributed by atoms with Crippen LogP contribution >= 0.6 is 0 Å². The van der Waals surface area contributed by atoms with Gasteiger partial charge in [-0.1, -0.05) is 42.5 Å². The number of aromatic nitrogens is 1. The molecule has 2 aromatic carbocycles. The topological polar surface area (TPSA) is 57.9 Å². The zero-order chi connectivity index (χ0) is 16.8. The summed E-state index contributed by atoms with van der Waals surface area (Å²) in [6.07, 6.45) is 1.72. The minimum absolute atomic E-state index is 0.540. The third-order valence-electron chi connectivity index (χ3n) is 3.77. The Labute approximate surface area is 141 Å². The smallest absolute Gasteiger partial charge is 0.144 e. The summed E-state index contributed by atoms with van der Waals surface area (Å²) in [5, 5.41) is 12.9. The highest BCUT2D eigenvalue weighted by molar-refractivity contribution is 5.76. The highest BCUT2D eigenvalue weighted by atomic mass is 16.5. The molecule has 0 radical (unpaired) electrons. The molecule has 0 fully saturated rings. The van der Waals surface area contributed by atoms with Crippen molar-refractivity contribution in [1.29, 1.82) is 5.26 Å². The SMILES string of the molecule is COc1ccc(-c2ccnc(NCc3ccccc3)c2C#N)cc1. The number of ether oxygens (including phenoxy) is 1. The Morgan fingerprint density at radius 3 is 2.46 bits per heavy atom. The van der Waals surface area contributed by atoms with Crippen molar-refractivity contribution in [2.45, 2.75) is 6.54 Å². The van der Waals surface area contributed by atoms with Gasteiger partial charge in [-0.3, -0.25) is 0 Å². The van der Waals surface area contributed by atoms with Gasteiger partial charge in [-0.25, -0.2) is 4.98 Å². The first-order valence-corrected chi connectivity index (χ1v) is 7.63. The molecule has 3 aromatic rings. The highest BCUT2D eigenvalue weighted by Gasteiger charge is 2.11. The summed E-state index contributed by atoms with van der Waals surface area (Å²) in [5.41, 5.74) is 3.49. The van der Waals surface area contributed by atoms with Crippen LogP contribution in [0, 0.1) is 11.3 Å². The van der Waals surface area contributed by atoms with E-state index in [4.69, 9.17) is 4.74 Å². The van der Waals surface area contributed by atoms with E-state index in [0.29, 0.717) is 17.9 Å². The molecule has 1 aromatic heterocycles. The molecule has 0 amide bonds. The van der Waals surface area contributed by atoms with Gasteiger partial charge in [0, 0.05) is 18.3 Å². The van der Waals surface area contributed by atoms with Crippen LogP contribution in [0.4, 0.5) is 5.82 Å². The van der Waals surface area contributed by atoms with E-state index < -0.39 is 0 Å². The molecule has 0 spiro atoms. The van der Waals surface area contributed by atoms with Gasteiger partial charge >= 0.3 is 0 Å². The fourth-order valence-corrected chi connectivity index (χ4v) is 2.50. The number of anilines is 1. The molecule has 1 heterocycles. The molecular weight excluding hydrogens is 298 g/mol. The van der Waals surface area contributed by atoms with Gasteiger partial charge in [0.2, 0.25) is 0 Å². The first-order valence-electron chi connectivity index (χ1n) is 7.63. The lowest BCUT2D eigenvalue weighted by molar-refractivity contribution is 0.415. The van der Waals surface area contributed by atoms with Crippen molar-refractivity contribution in [3.63, 3.8) is 0 Å². The summed E-state index contributed by atoms with van der Waals surface area (Å²) in [4.78, 5) is 4.33. The fourth-order valence-electron chi connectivity index (χ4n) is 2.50. The zero-order valence-corrected chi connectivity index (χ0v) is 13.4. The van der Waals surface area contributed by atoms with Gasteiger partial charge in [-0.05, 0) is 29.3 Å². The van der Waals surface area contributed by atoms with Gasteiger partial charge in [0.05, 0.1) is 7.11 Å². The Kier molecular flexibility index (Phi) is 4.73. The lowest BCUT2D eigenvalue weighted by Crippen LogP contribution is -2.04. The van der Waals surface area contributed by atoms with Crippen molar-refractivity contribution in [1.82, 2.24) is 4.98 Å². The van der Waals surface area contributed by atoms with Gasteiger partial charge in [-0.2, -0.15) is 5.26 Å². The summed E-state index contributed by atoms with van der Waals surface area (Å²) in [7, 11) is 1.63. The van der Waals surface area contributed by atoms with Crippen LogP contribution in [0.3, 0.4) is 0 Å². The van der Waals surface area contributed by atoms with Crippen LogP contribution < -0.4 is 10.1 Å². The maximum Gasteiger partial charge on any atom is 0.144 e. The van der Waals surface area contributed by atoms with Crippen LogP contribution in [0.15, 0.2) is 66.9 Å². The second kappa shape index (κ2) is 7.30.